The van der Waals surface area contributed by atoms with Gasteiger partial charge in [0, 0.05) is 11.2 Å². The summed E-state index contributed by atoms with van der Waals surface area (Å²) in [7, 11) is 1.48. The van der Waals surface area contributed by atoms with Crippen LogP contribution in [-0.2, 0) is 9.59 Å². The van der Waals surface area contributed by atoms with E-state index in [2.05, 4.69) is 0 Å². The first-order valence-corrected chi connectivity index (χ1v) is 12.1. The van der Waals surface area contributed by atoms with Crippen molar-refractivity contribution < 1.29 is 19.1 Å². The van der Waals surface area contributed by atoms with E-state index in [1.807, 2.05) is 52.9 Å². The van der Waals surface area contributed by atoms with Crippen molar-refractivity contribution in [1.29, 1.82) is 0 Å². The average molecular weight is 491 g/mol. The number of fused-ring (bicyclic) bond motifs is 5. The van der Waals surface area contributed by atoms with Gasteiger partial charge in [-0.05, 0) is 46.8 Å². The Hall–Kier alpha value is -3.42. The van der Waals surface area contributed by atoms with Crippen LogP contribution in [0, 0.1) is 11.8 Å². The third kappa shape index (κ3) is 2.90. The van der Waals surface area contributed by atoms with Gasteiger partial charge in [-0.2, -0.15) is 0 Å². The Morgan fingerprint density at radius 3 is 2.59 bits per heavy atom. The summed E-state index contributed by atoms with van der Waals surface area (Å²) in [6.45, 7) is 0. The summed E-state index contributed by atoms with van der Waals surface area (Å²) in [4.78, 5) is 45.2. The monoisotopic (exact) mass is 490 g/mol. The lowest BCUT2D eigenvalue weighted by molar-refractivity contribution is -0.123. The fourth-order valence-electron chi connectivity index (χ4n) is 5.50. The maximum absolute atomic E-state index is 13.9. The fourth-order valence-corrected chi connectivity index (χ4v) is 6.36. The number of thiophene rings is 1. The van der Waals surface area contributed by atoms with Gasteiger partial charge in [0.05, 0.1) is 35.6 Å². The largest absolute Gasteiger partial charge is 0.495 e. The van der Waals surface area contributed by atoms with Crippen molar-refractivity contribution >= 4 is 52.3 Å². The molecule has 2 saturated heterocycles. The fraction of sp³-hybridized carbons (Fsp3) is 0.192. The van der Waals surface area contributed by atoms with Crippen LogP contribution >= 0.6 is 22.9 Å². The van der Waals surface area contributed by atoms with Crippen LogP contribution in [0.1, 0.15) is 26.8 Å². The number of imide groups is 1. The number of anilines is 1. The average Bonchev–Trinajstić information content (AvgIpc) is 3.55. The normalized spacial score (nSPS) is 24.8. The standard InChI is InChI=1S/C26H19ClN2O4S/c1-33-18-9-8-15(27)13-17(18)29-25(31)20-21(26(29)32)23(24(30)19-7-4-12-34-19)28-11-10-14-5-2-3-6-16(14)22(20)28/h2-13,20-23H,1H3/t20-,21+,22+,23+/m0/s1. The minimum absolute atomic E-state index is 0.155. The van der Waals surface area contributed by atoms with Gasteiger partial charge >= 0.3 is 0 Å². The number of carbonyl (C=O) groups is 3. The Morgan fingerprint density at radius 2 is 1.82 bits per heavy atom. The molecule has 2 aromatic carbocycles. The Morgan fingerprint density at radius 1 is 1.03 bits per heavy atom. The Kier molecular flexibility index (Phi) is 4.86. The number of nitrogens with zero attached hydrogens (tertiary/aromatic N) is 2. The minimum Gasteiger partial charge on any atom is -0.495 e. The zero-order valence-electron chi connectivity index (χ0n) is 18.1. The molecule has 0 N–H and O–H groups in total. The van der Waals surface area contributed by atoms with Crippen molar-refractivity contribution in [3.63, 3.8) is 0 Å². The summed E-state index contributed by atoms with van der Waals surface area (Å²) in [6.07, 6.45) is 3.79. The van der Waals surface area contributed by atoms with Crippen LogP contribution in [-0.4, -0.2) is 35.6 Å². The van der Waals surface area contributed by atoms with E-state index < -0.39 is 29.8 Å². The number of ketones is 1. The molecule has 3 aliphatic heterocycles. The first-order valence-electron chi connectivity index (χ1n) is 10.8. The third-order valence-corrected chi connectivity index (χ3v) is 8.00. The summed E-state index contributed by atoms with van der Waals surface area (Å²) in [5.74, 6) is -2.09. The van der Waals surface area contributed by atoms with Gasteiger partial charge in [0.25, 0.3) is 0 Å². The Bertz CT molecular complexity index is 1370. The molecule has 0 saturated carbocycles. The molecule has 0 spiro atoms. The van der Waals surface area contributed by atoms with Crippen LogP contribution in [0.5, 0.6) is 5.75 Å². The smallest absolute Gasteiger partial charge is 0.240 e. The van der Waals surface area contributed by atoms with Gasteiger partial charge in [-0.25, -0.2) is 4.90 Å². The zero-order valence-corrected chi connectivity index (χ0v) is 19.6. The first-order chi connectivity index (χ1) is 16.5. The van der Waals surface area contributed by atoms with Crippen molar-refractivity contribution in [3.8, 4) is 5.75 Å². The molecule has 4 atom stereocenters. The van der Waals surface area contributed by atoms with Gasteiger partial charge < -0.3 is 9.64 Å². The van der Waals surface area contributed by atoms with Crippen molar-refractivity contribution in [2.24, 2.45) is 11.8 Å². The van der Waals surface area contributed by atoms with E-state index >= 15 is 0 Å². The van der Waals surface area contributed by atoms with Crippen LogP contribution < -0.4 is 9.64 Å². The third-order valence-electron chi connectivity index (χ3n) is 6.88. The predicted molar refractivity (Wildman–Crippen MR) is 130 cm³/mol. The van der Waals surface area contributed by atoms with Crippen LogP contribution in [0.15, 0.2) is 66.2 Å². The number of carbonyl (C=O) groups excluding carboxylic acids is 3. The molecular formula is C26H19ClN2O4S. The molecule has 0 aliphatic carbocycles. The number of hydrogen-bond donors (Lipinski definition) is 0. The summed E-state index contributed by atoms with van der Waals surface area (Å²) < 4.78 is 5.44. The van der Waals surface area contributed by atoms with Gasteiger partial charge in [-0.1, -0.05) is 41.9 Å². The van der Waals surface area contributed by atoms with Crippen molar-refractivity contribution in [2.45, 2.75) is 12.1 Å². The topological polar surface area (TPSA) is 66.9 Å². The molecule has 34 heavy (non-hydrogen) atoms. The van der Waals surface area contributed by atoms with E-state index in [4.69, 9.17) is 16.3 Å². The molecule has 0 bridgehead atoms. The van der Waals surface area contributed by atoms with Crippen LogP contribution in [0.3, 0.4) is 0 Å². The number of ether oxygens (including phenoxy) is 1. The van der Waals surface area contributed by atoms with Gasteiger partial charge in [0.2, 0.25) is 11.8 Å². The summed E-state index contributed by atoms with van der Waals surface area (Å²) in [5.41, 5.74) is 2.21. The lowest BCUT2D eigenvalue weighted by Gasteiger charge is -2.35. The molecule has 3 aliphatic rings. The van der Waals surface area contributed by atoms with Gasteiger partial charge in [0.15, 0.2) is 5.78 Å². The van der Waals surface area contributed by atoms with E-state index in [9.17, 15) is 14.4 Å². The van der Waals surface area contributed by atoms with E-state index in [1.54, 1.807) is 24.3 Å². The van der Waals surface area contributed by atoms with Gasteiger partial charge in [-0.3, -0.25) is 14.4 Å². The van der Waals surface area contributed by atoms with E-state index in [0.29, 0.717) is 21.3 Å². The highest BCUT2D eigenvalue weighted by Crippen LogP contribution is 2.54. The lowest BCUT2D eigenvalue weighted by atomic mass is 9.84. The number of amides is 2. The van der Waals surface area contributed by atoms with E-state index in [-0.39, 0.29) is 11.7 Å². The van der Waals surface area contributed by atoms with Crippen molar-refractivity contribution in [2.75, 3.05) is 12.0 Å². The second-order valence-corrected chi connectivity index (χ2v) is 9.89. The summed E-state index contributed by atoms with van der Waals surface area (Å²) in [6, 6.07) is 15.0. The number of methoxy groups -OCH3 is 1. The number of Topliss-reactive ketones (excluding diaryl/α,β-unsaturated/α-hetero) is 1. The van der Waals surface area contributed by atoms with Crippen molar-refractivity contribution in [1.82, 2.24) is 4.90 Å². The summed E-state index contributed by atoms with van der Waals surface area (Å²) >= 11 is 7.55. The number of benzene rings is 2. The van der Waals surface area contributed by atoms with Crippen LogP contribution in [0.25, 0.3) is 6.08 Å². The molecule has 6 nitrogen and oxygen atoms in total. The quantitative estimate of drug-likeness (QED) is 0.388. The molecule has 0 unspecified atom stereocenters. The maximum atomic E-state index is 13.9. The molecule has 0 radical (unpaired) electrons. The molecule has 1 aromatic heterocycles. The second-order valence-electron chi connectivity index (χ2n) is 8.50. The Labute approximate surface area is 205 Å². The highest BCUT2D eigenvalue weighted by molar-refractivity contribution is 7.12. The molecular weight excluding hydrogens is 472 g/mol. The second kappa shape index (κ2) is 7.82. The highest BCUT2D eigenvalue weighted by Gasteiger charge is 2.64. The summed E-state index contributed by atoms with van der Waals surface area (Å²) in [5, 5.41) is 2.22. The minimum atomic E-state index is -0.827. The van der Waals surface area contributed by atoms with E-state index in [0.717, 1.165) is 16.0 Å². The van der Waals surface area contributed by atoms with Gasteiger partial charge in [-0.15, -0.1) is 11.3 Å². The predicted octanol–water partition coefficient (Wildman–Crippen LogP) is 4.81. The van der Waals surface area contributed by atoms with Crippen LogP contribution in [0.2, 0.25) is 5.02 Å². The highest BCUT2D eigenvalue weighted by atomic mass is 35.5. The molecule has 4 heterocycles. The number of halogens is 1. The SMILES string of the molecule is COc1ccc(Cl)cc1N1C(=O)[C@@H]2[C@H](C1=O)[C@H]1c3ccccc3C=CN1[C@H]2C(=O)c1cccs1. The molecule has 6 rings (SSSR count). The molecule has 170 valence electrons. The van der Waals surface area contributed by atoms with E-state index in [1.165, 1.54) is 18.4 Å². The first kappa shape index (κ1) is 21.1. The lowest BCUT2D eigenvalue weighted by Crippen LogP contribution is -2.44. The molecule has 3 aromatic rings. The molecule has 8 heteroatoms. The maximum Gasteiger partial charge on any atom is 0.240 e. The number of rotatable bonds is 4. The molecule has 2 fully saturated rings. The van der Waals surface area contributed by atoms with Crippen LogP contribution in [0.4, 0.5) is 5.69 Å². The zero-order chi connectivity index (χ0) is 23.6. The molecule has 2 amide bonds. The number of hydrogen-bond acceptors (Lipinski definition) is 6. The Balaban J connectivity index is 1.52. The van der Waals surface area contributed by atoms with Crippen molar-refractivity contribution in [3.05, 3.63) is 87.2 Å². The van der Waals surface area contributed by atoms with Gasteiger partial charge in [0.1, 0.15) is 11.8 Å².